The van der Waals surface area contributed by atoms with Crippen molar-refractivity contribution < 1.29 is 14.1 Å². The van der Waals surface area contributed by atoms with Gasteiger partial charge in [0.05, 0.1) is 36.1 Å². The van der Waals surface area contributed by atoms with Crippen LogP contribution in [0.5, 0.6) is 5.75 Å². The molecule has 0 spiro atoms. The van der Waals surface area contributed by atoms with Crippen LogP contribution in [0.3, 0.4) is 0 Å². The highest BCUT2D eigenvalue weighted by Crippen LogP contribution is 2.37. The van der Waals surface area contributed by atoms with Gasteiger partial charge in [0.2, 0.25) is 0 Å². The highest BCUT2D eigenvalue weighted by atomic mass is 16.5. The lowest BCUT2D eigenvalue weighted by Gasteiger charge is -2.16. The first-order chi connectivity index (χ1) is 18.2. The normalized spacial score (nSPS) is 11.1. The van der Waals surface area contributed by atoms with E-state index in [0.717, 1.165) is 22.4 Å². The van der Waals surface area contributed by atoms with Crippen LogP contribution >= 0.6 is 0 Å². The Morgan fingerprint density at radius 2 is 1.89 bits per heavy atom. The van der Waals surface area contributed by atoms with Gasteiger partial charge in [-0.1, -0.05) is 11.2 Å². The molecule has 0 saturated heterocycles. The maximum Gasteiger partial charge on any atom is 0.264 e. The van der Waals surface area contributed by atoms with Crippen molar-refractivity contribution in [1.29, 1.82) is 0 Å². The van der Waals surface area contributed by atoms with Crippen molar-refractivity contribution in [3.05, 3.63) is 99.1 Å². The number of hydrogen-bond donors (Lipinski definition) is 1. The summed E-state index contributed by atoms with van der Waals surface area (Å²) < 4.78 is 12.7. The van der Waals surface area contributed by atoms with Crippen LogP contribution in [0.4, 0.5) is 5.82 Å². The van der Waals surface area contributed by atoms with E-state index in [2.05, 4.69) is 20.4 Å². The summed E-state index contributed by atoms with van der Waals surface area (Å²) in [7, 11) is 1.57. The summed E-state index contributed by atoms with van der Waals surface area (Å²) in [5.41, 5.74) is 4.81. The topological polar surface area (TPSA) is 112 Å². The summed E-state index contributed by atoms with van der Waals surface area (Å²) in [5.74, 6) is 1.03. The molecule has 192 valence electrons. The Kier molecular flexibility index (Phi) is 6.50. The van der Waals surface area contributed by atoms with E-state index in [1.165, 1.54) is 0 Å². The van der Waals surface area contributed by atoms with Crippen molar-refractivity contribution in [2.45, 2.75) is 34.2 Å². The van der Waals surface area contributed by atoms with Gasteiger partial charge >= 0.3 is 0 Å². The lowest BCUT2D eigenvalue weighted by atomic mass is 9.99. The first kappa shape index (κ1) is 24.9. The number of amides is 1. The molecule has 4 heterocycles. The van der Waals surface area contributed by atoms with E-state index in [1.807, 2.05) is 58.0 Å². The van der Waals surface area contributed by atoms with Gasteiger partial charge in [-0.15, -0.1) is 0 Å². The molecule has 9 heteroatoms. The Morgan fingerprint density at radius 3 is 2.55 bits per heavy atom. The lowest BCUT2D eigenvalue weighted by Crippen LogP contribution is -2.30. The minimum Gasteiger partial charge on any atom is -0.496 e. The molecule has 1 aromatic carbocycles. The molecule has 0 fully saturated rings. The Hall–Kier alpha value is -4.79. The average molecular weight is 510 g/mol. The largest absolute Gasteiger partial charge is 0.496 e. The van der Waals surface area contributed by atoms with Crippen molar-refractivity contribution in [2.24, 2.45) is 0 Å². The van der Waals surface area contributed by atoms with Gasteiger partial charge in [0, 0.05) is 28.9 Å². The predicted octanol–water partition coefficient (Wildman–Crippen LogP) is 4.99. The fraction of sp³-hybridized carbons (Fsp3) is 0.207. The number of fused-ring (bicyclic) bond motifs is 1. The van der Waals surface area contributed by atoms with Crippen LogP contribution in [-0.4, -0.2) is 32.7 Å². The molecule has 9 nitrogen and oxygen atoms in total. The Labute approximate surface area is 219 Å². The molecular weight excluding hydrogens is 482 g/mol. The van der Waals surface area contributed by atoms with Gasteiger partial charge in [-0.3, -0.25) is 14.6 Å². The summed E-state index contributed by atoms with van der Waals surface area (Å²) in [5, 5.41) is 7.54. The third-order valence-electron chi connectivity index (χ3n) is 6.35. The van der Waals surface area contributed by atoms with E-state index in [1.54, 1.807) is 36.1 Å². The smallest absolute Gasteiger partial charge is 0.264 e. The number of hydrogen-bond acceptors (Lipinski definition) is 7. The number of benzene rings is 1. The van der Waals surface area contributed by atoms with E-state index in [0.29, 0.717) is 39.6 Å². The van der Waals surface area contributed by atoms with Crippen molar-refractivity contribution >= 4 is 22.6 Å². The highest BCUT2D eigenvalue weighted by Gasteiger charge is 2.22. The third-order valence-corrected chi connectivity index (χ3v) is 6.35. The van der Waals surface area contributed by atoms with Crippen molar-refractivity contribution in [3.8, 4) is 16.9 Å². The van der Waals surface area contributed by atoms with Gasteiger partial charge in [0.15, 0.2) is 0 Å². The molecule has 5 rings (SSSR count). The number of aromatic nitrogens is 4. The Morgan fingerprint density at radius 1 is 1.08 bits per heavy atom. The van der Waals surface area contributed by atoms with Gasteiger partial charge in [0.25, 0.3) is 11.5 Å². The van der Waals surface area contributed by atoms with Crippen molar-refractivity contribution in [3.63, 3.8) is 0 Å². The molecule has 0 aliphatic carbocycles. The monoisotopic (exact) mass is 509 g/mol. The van der Waals surface area contributed by atoms with Crippen LogP contribution < -0.4 is 15.6 Å². The standard InChI is InChI=1S/C29H27N5O4/c1-16-10-17(2)31-26(11-16)32-28(35)23-13-20-12-22(27-18(3)33-38-19(27)4)25(37-5)14-24(20)34(29(23)36)15-21-8-6-7-9-30-21/h6-14H,15H2,1-5H3,(H,31,32,35). The van der Waals surface area contributed by atoms with E-state index in [-0.39, 0.29) is 12.1 Å². The van der Waals surface area contributed by atoms with Crippen LogP contribution in [0.15, 0.2) is 64.0 Å². The first-order valence-corrected chi connectivity index (χ1v) is 12.1. The zero-order valence-corrected chi connectivity index (χ0v) is 21.8. The summed E-state index contributed by atoms with van der Waals surface area (Å²) in [6.45, 7) is 7.63. The molecule has 0 saturated carbocycles. The number of ether oxygens (including phenoxy) is 1. The fourth-order valence-electron chi connectivity index (χ4n) is 4.70. The molecule has 1 amide bonds. The molecule has 4 aromatic heterocycles. The Balaban J connectivity index is 1.72. The zero-order chi connectivity index (χ0) is 27.0. The van der Waals surface area contributed by atoms with E-state index < -0.39 is 11.5 Å². The lowest BCUT2D eigenvalue weighted by molar-refractivity contribution is 0.102. The number of nitrogens with zero attached hydrogens (tertiary/aromatic N) is 4. The molecule has 38 heavy (non-hydrogen) atoms. The number of anilines is 1. The molecule has 0 atom stereocenters. The first-order valence-electron chi connectivity index (χ1n) is 12.1. The second-order valence-corrected chi connectivity index (χ2v) is 9.21. The van der Waals surface area contributed by atoms with E-state index >= 15 is 0 Å². The van der Waals surface area contributed by atoms with Crippen molar-refractivity contribution in [1.82, 2.24) is 19.7 Å². The number of rotatable bonds is 6. The van der Waals surface area contributed by atoms with Crippen molar-refractivity contribution in [2.75, 3.05) is 12.4 Å². The fourth-order valence-corrected chi connectivity index (χ4v) is 4.70. The van der Waals surface area contributed by atoms with E-state index in [4.69, 9.17) is 9.26 Å². The quantitative estimate of drug-likeness (QED) is 0.343. The van der Waals surface area contributed by atoms with Gasteiger partial charge in [-0.2, -0.15) is 0 Å². The summed E-state index contributed by atoms with van der Waals surface area (Å²) in [6, 6.07) is 14.5. The van der Waals surface area contributed by atoms with Crippen LogP contribution in [0.25, 0.3) is 22.0 Å². The number of carbonyl (C=O) groups is 1. The summed E-state index contributed by atoms with van der Waals surface area (Å²) >= 11 is 0. The molecule has 0 aliphatic rings. The molecule has 0 radical (unpaired) electrons. The average Bonchev–Trinajstić information content (AvgIpc) is 3.22. The maximum atomic E-state index is 13.8. The third kappa shape index (κ3) is 4.66. The molecule has 1 N–H and O–H groups in total. The molecule has 5 aromatic rings. The summed E-state index contributed by atoms with van der Waals surface area (Å²) in [4.78, 5) is 36.0. The SMILES string of the molecule is COc1cc2c(cc1-c1c(C)noc1C)cc(C(=O)Nc1cc(C)cc(C)n1)c(=O)n2Cc1ccccn1. The van der Waals surface area contributed by atoms with Crippen LogP contribution in [0.1, 0.15) is 38.8 Å². The second-order valence-electron chi connectivity index (χ2n) is 9.21. The minimum absolute atomic E-state index is 0.00994. The van der Waals surface area contributed by atoms with Gasteiger partial charge in [-0.25, -0.2) is 4.98 Å². The number of methoxy groups -OCH3 is 1. The van der Waals surface area contributed by atoms with Crippen LogP contribution in [-0.2, 0) is 6.54 Å². The molecule has 0 bridgehead atoms. The predicted molar refractivity (Wildman–Crippen MR) is 145 cm³/mol. The van der Waals surface area contributed by atoms with Crippen LogP contribution in [0.2, 0.25) is 0 Å². The molecule has 0 unspecified atom stereocenters. The van der Waals surface area contributed by atoms with Gasteiger partial charge < -0.3 is 19.1 Å². The highest BCUT2D eigenvalue weighted by molar-refractivity contribution is 6.06. The Bertz CT molecular complexity index is 1700. The maximum absolute atomic E-state index is 13.8. The number of carbonyl (C=O) groups excluding carboxylic acids is 1. The molecule has 0 aliphatic heterocycles. The minimum atomic E-state index is -0.543. The summed E-state index contributed by atoms with van der Waals surface area (Å²) in [6.07, 6.45) is 1.67. The van der Waals surface area contributed by atoms with Gasteiger partial charge in [0.1, 0.15) is 22.9 Å². The number of aryl methyl sites for hydroxylation is 4. The number of pyridine rings is 3. The second kappa shape index (κ2) is 9.93. The zero-order valence-electron chi connectivity index (χ0n) is 21.8. The number of nitrogens with one attached hydrogen (secondary N) is 1. The molecular formula is C29H27N5O4. The van der Waals surface area contributed by atoms with Crippen LogP contribution in [0, 0.1) is 27.7 Å². The van der Waals surface area contributed by atoms with E-state index in [9.17, 15) is 9.59 Å². The van der Waals surface area contributed by atoms with Gasteiger partial charge in [-0.05, 0) is 69.7 Å².